The van der Waals surface area contributed by atoms with Gasteiger partial charge < -0.3 is 5.32 Å². The van der Waals surface area contributed by atoms with E-state index in [1.54, 1.807) is 41.0 Å². The normalized spacial score (nSPS) is 19.2. The van der Waals surface area contributed by atoms with Crippen molar-refractivity contribution in [3.8, 4) is 10.4 Å². The fourth-order valence-corrected chi connectivity index (χ4v) is 8.21. The molecule has 2 aliphatic rings. The van der Waals surface area contributed by atoms with Crippen LogP contribution >= 0.6 is 22.7 Å². The molecule has 0 spiro atoms. The van der Waals surface area contributed by atoms with Crippen LogP contribution in [0.25, 0.3) is 10.4 Å². The van der Waals surface area contributed by atoms with Gasteiger partial charge in [-0.05, 0) is 40.6 Å². The number of benzene rings is 1. The minimum absolute atomic E-state index is 0.166. The molecule has 12 heteroatoms. The van der Waals surface area contributed by atoms with E-state index in [0.717, 1.165) is 10.4 Å². The number of fused-ring (bicyclic) bond motifs is 1. The van der Waals surface area contributed by atoms with Gasteiger partial charge in [0.2, 0.25) is 0 Å². The van der Waals surface area contributed by atoms with Crippen molar-refractivity contribution in [2.75, 3.05) is 38.0 Å². The second-order valence-corrected chi connectivity index (χ2v) is 13.1. The summed E-state index contributed by atoms with van der Waals surface area (Å²) in [6.45, 7) is 1.99. The Bertz CT molecular complexity index is 1360. The lowest BCUT2D eigenvalue weighted by Crippen LogP contribution is -2.50. The Morgan fingerprint density at radius 3 is 2.44 bits per heavy atom. The molecular weight excluding hydrogens is 489 g/mol. The van der Waals surface area contributed by atoms with Gasteiger partial charge in [0.25, 0.3) is 20.0 Å². The molecule has 1 fully saturated rings. The highest BCUT2D eigenvalue weighted by atomic mass is 32.2. The molecule has 0 amide bonds. The molecule has 32 heavy (non-hydrogen) atoms. The Balaban J connectivity index is 1.28. The molecule has 1 N–H and O–H groups in total. The van der Waals surface area contributed by atoms with Crippen molar-refractivity contribution in [2.45, 2.75) is 9.10 Å². The first-order valence-corrected chi connectivity index (χ1v) is 14.5. The average Bonchev–Trinajstić information content (AvgIpc) is 3.48. The number of nitrogens with zero attached hydrogens (tertiary/aromatic N) is 3. The van der Waals surface area contributed by atoms with Gasteiger partial charge in [-0.25, -0.2) is 8.42 Å². The van der Waals surface area contributed by atoms with E-state index >= 15 is 0 Å². The zero-order valence-corrected chi connectivity index (χ0v) is 20.1. The van der Waals surface area contributed by atoms with E-state index in [1.165, 1.54) is 15.6 Å². The third-order valence-electron chi connectivity index (χ3n) is 5.37. The predicted octanol–water partition coefficient (Wildman–Crippen LogP) is 3.00. The molecule has 168 valence electrons. The van der Waals surface area contributed by atoms with Crippen LogP contribution in [0.15, 0.2) is 66.7 Å². The maximum absolute atomic E-state index is 12.8. The standard InChI is InChI=1S/C20H20N4O4S4/c25-31(26)18-13-15(17-3-1-11-29-17)5-6-16(18)21-19(22-31)14-23-7-9-24(10-8-23)32(27,28)20-4-2-12-30-20/h1-6,11-13H,7-10,14H2,(H,21,22). The number of hydrogen-bond donors (Lipinski definition) is 1. The molecule has 0 atom stereocenters. The van der Waals surface area contributed by atoms with E-state index in [2.05, 4.69) is 9.71 Å². The van der Waals surface area contributed by atoms with Gasteiger partial charge in [-0.1, -0.05) is 18.2 Å². The maximum atomic E-state index is 12.8. The Morgan fingerprint density at radius 1 is 1.00 bits per heavy atom. The van der Waals surface area contributed by atoms with Crippen LogP contribution in [0.2, 0.25) is 0 Å². The molecule has 2 aliphatic heterocycles. The fourth-order valence-electron chi connectivity index (χ4n) is 3.75. The van der Waals surface area contributed by atoms with Crippen LogP contribution in [0, 0.1) is 0 Å². The second-order valence-electron chi connectivity index (χ2n) is 7.44. The molecule has 5 rings (SSSR count). The summed E-state index contributed by atoms with van der Waals surface area (Å²) in [5, 5.41) is 6.83. The summed E-state index contributed by atoms with van der Waals surface area (Å²) in [4.78, 5) is 3.17. The Kier molecular flexibility index (Phi) is 5.68. The molecule has 0 unspecified atom stereocenters. The largest absolute Gasteiger partial charge is 0.341 e. The van der Waals surface area contributed by atoms with Gasteiger partial charge in [0.1, 0.15) is 14.9 Å². The van der Waals surface area contributed by atoms with E-state index in [-0.39, 0.29) is 4.90 Å². The molecule has 0 aliphatic carbocycles. The number of hydrogen-bond acceptors (Lipinski definition) is 8. The molecule has 0 radical (unpaired) electrons. The Labute approximate surface area is 194 Å². The van der Waals surface area contributed by atoms with Crippen LogP contribution in [0.4, 0.5) is 5.69 Å². The van der Waals surface area contributed by atoms with Crippen molar-refractivity contribution in [1.29, 1.82) is 0 Å². The van der Waals surface area contributed by atoms with Crippen molar-refractivity contribution in [3.63, 3.8) is 0 Å². The first kappa shape index (κ1) is 21.7. The Hall–Kier alpha value is -2.09. The maximum Gasteiger partial charge on any atom is 0.286 e. The summed E-state index contributed by atoms with van der Waals surface area (Å²) in [6, 6.07) is 12.5. The van der Waals surface area contributed by atoms with Crippen molar-refractivity contribution in [1.82, 2.24) is 9.21 Å². The molecule has 8 nitrogen and oxygen atoms in total. The van der Waals surface area contributed by atoms with Crippen LogP contribution in [-0.4, -0.2) is 64.6 Å². The van der Waals surface area contributed by atoms with Crippen LogP contribution in [-0.2, 0) is 20.0 Å². The van der Waals surface area contributed by atoms with E-state index in [0.29, 0.717) is 48.5 Å². The van der Waals surface area contributed by atoms with Gasteiger partial charge >= 0.3 is 0 Å². The topological polar surface area (TPSA) is 99.2 Å². The molecular formula is C20H20N4O4S4. The fraction of sp³-hybridized carbons (Fsp3) is 0.250. The third kappa shape index (κ3) is 4.14. The lowest BCUT2D eigenvalue weighted by atomic mass is 10.1. The zero-order chi connectivity index (χ0) is 22.3. The van der Waals surface area contributed by atoms with Crippen molar-refractivity contribution in [3.05, 3.63) is 53.2 Å². The predicted molar refractivity (Wildman–Crippen MR) is 128 cm³/mol. The number of anilines is 1. The quantitative estimate of drug-likeness (QED) is 0.569. The summed E-state index contributed by atoms with van der Waals surface area (Å²) in [7, 11) is -7.29. The van der Waals surface area contributed by atoms with Crippen LogP contribution in [0.5, 0.6) is 0 Å². The minimum atomic E-state index is -3.82. The number of amidine groups is 1. The van der Waals surface area contributed by atoms with Gasteiger partial charge in [0, 0.05) is 31.1 Å². The summed E-state index contributed by atoms with van der Waals surface area (Å²) >= 11 is 2.76. The molecule has 0 saturated carbocycles. The molecule has 3 aromatic rings. The molecule has 1 saturated heterocycles. The number of nitrogens with one attached hydrogen (secondary N) is 1. The number of thiophene rings is 2. The number of piperazine rings is 1. The van der Waals surface area contributed by atoms with E-state index < -0.39 is 20.0 Å². The molecule has 4 heterocycles. The number of rotatable bonds is 5. The van der Waals surface area contributed by atoms with E-state index in [1.807, 2.05) is 28.5 Å². The summed E-state index contributed by atoms with van der Waals surface area (Å²) in [5.74, 6) is 0.343. The lowest BCUT2D eigenvalue weighted by Gasteiger charge is -2.34. The molecule has 0 bridgehead atoms. The first-order valence-electron chi connectivity index (χ1n) is 9.88. The smallest absolute Gasteiger partial charge is 0.286 e. The van der Waals surface area contributed by atoms with Crippen molar-refractivity contribution >= 4 is 54.2 Å². The highest BCUT2D eigenvalue weighted by molar-refractivity contribution is 7.91. The average molecular weight is 509 g/mol. The van der Waals surface area contributed by atoms with Crippen LogP contribution < -0.4 is 5.32 Å². The second kappa shape index (κ2) is 8.36. The Morgan fingerprint density at radius 2 is 1.75 bits per heavy atom. The highest BCUT2D eigenvalue weighted by Crippen LogP contribution is 2.34. The SMILES string of the molecule is O=S1(=O)N=C(CN2CCN(S(=O)(=O)c3cccs3)CC2)Nc2ccc(-c3cccs3)cc21. The van der Waals surface area contributed by atoms with Crippen LogP contribution in [0.3, 0.4) is 0 Å². The zero-order valence-electron chi connectivity index (χ0n) is 16.8. The van der Waals surface area contributed by atoms with Gasteiger partial charge in [0.15, 0.2) is 0 Å². The van der Waals surface area contributed by atoms with Gasteiger partial charge in [0.05, 0.1) is 12.2 Å². The van der Waals surface area contributed by atoms with Gasteiger partial charge in [-0.2, -0.15) is 12.7 Å². The summed E-state index contributed by atoms with van der Waals surface area (Å²) in [6.07, 6.45) is 0. The highest BCUT2D eigenvalue weighted by Gasteiger charge is 2.31. The lowest BCUT2D eigenvalue weighted by molar-refractivity contribution is 0.209. The van der Waals surface area contributed by atoms with Crippen molar-refractivity contribution < 1.29 is 16.8 Å². The molecule has 1 aromatic carbocycles. The first-order chi connectivity index (χ1) is 15.3. The minimum Gasteiger partial charge on any atom is -0.341 e. The summed E-state index contributed by atoms with van der Waals surface area (Å²) in [5.41, 5.74) is 1.35. The van der Waals surface area contributed by atoms with Crippen molar-refractivity contribution in [2.24, 2.45) is 4.40 Å². The van der Waals surface area contributed by atoms with Crippen LogP contribution in [0.1, 0.15) is 0 Å². The third-order valence-corrected chi connectivity index (χ3v) is 10.9. The monoisotopic (exact) mass is 508 g/mol. The van der Waals surface area contributed by atoms with E-state index in [9.17, 15) is 16.8 Å². The van der Waals surface area contributed by atoms with Gasteiger partial charge in [-0.15, -0.1) is 27.1 Å². The number of sulfonamides is 2. The summed E-state index contributed by atoms with van der Waals surface area (Å²) < 4.78 is 56.8. The molecule has 2 aromatic heterocycles. The van der Waals surface area contributed by atoms with E-state index in [4.69, 9.17) is 0 Å². The van der Waals surface area contributed by atoms with Gasteiger partial charge in [-0.3, -0.25) is 4.90 Å².